The van der Waals surface area contributed by atoms with Crippen LogP contribution in [0.4, 0.5) is 5.13 Å². The molecule has 8 nitrogen and oxygen atoms in total. The van der Waals surface area contributed by atoms with Crippen LogP contribution >= 0.6 is 11.3 Å². The summed E-state index contributed by atoms with van der Waals surface area (Å²) in [6.07, 6.45) is 0. The third kappa shape index (κ3) is 4.56. The SMILES string of the molecule is COc1cccc(-c2ccc(=O)n(CC(=O)Nc3nnc(C(C)C)s3)n2)c1. The average Bonchev–Trinajstić information content (AvgIpc) is 3.12. The van der Waals surface area contributed by atoms with Crippen molar-refractivity contribution in [1.82, 2.24) is 20.0 Å². The first kappa shape index (κ1) is 18.7. The fourth-order valence-electron chi connectivity index (χ4n) is 2.31. The van der Waals surface area contributed by atoms with E-state index in [0.717, 1.165) is 15.3 Å². The molecule has 0 aliphatic rings. The highest BCUT2D eigenvalue weighted by Gasteiger charge is 2.12. The zero-order valence-corrected chi connectivity index (χ0v) is 16.0. The summed E-state index contributed by atoms with van der Waals surface area (Å²) in [5, 5.41) is 16.1. The Balaban J connectivity index is 1.77. The predicted molar refractivity (Wildman–Crippen MR) is 103 cm³/mol. The zero-order valence-electron chi connectivity index (χ0n) is 15.2. The minimum atomic E-state index is -0.390. The number of aromatic nitrogens is 4. The summed E-state index contributed by atoms with van der Waals surface area (Å²) in [5.41, 5.74) is 0.991. The molecule has 0 saturated heterocycles. The van der Waals surface area contributed by atoms with Crippen molar-refractivity contribution in [2.24, 2.45) is 0 Å². The summed E-state index contributed by atoms with van der Waals surface area (Å²) in [7, 11) is 1.58. The van der Waals surface area contributed by atoms with E-state index < -0.39 is 0 Å². The maximum atomic E-state index is 12.3. The van der Waals surface area contributed by atoms with E-state index in [1.807, 2.05) is 38.1 Å². The Kier molecular flexibility index (Phi) is 5.60. The van der Waals surface area contributed by atoms with Gasteiger partial charge in [-0.1, -0.05) is 37.3 Å². The maximum Gasteiger partial charge on any atom is 0.267 e. The number of hydrogen-bond donors (Lipinski definition) is 1. The fourth-order valence-corrected chi connectivity index (χ4v) is 3.07. The summed E-state index contributed by atoms with van der Waals surface area (Å²) in [5.74, 6) is 0.526. The summed E-state index contributed by atoms with van der Waals surface area (Å²) in [6, 6.07) is 10.3. The van der Waals surface area contributed by atoms with Gasteiger partial charge in [0.25, 0.3) is 5.56 Å². The molecule has 1 N–H and O–H groups in total. The highest BCUT2D eigenvalue weighted by Crippen LogP contribution is 2.23. The minimum Gasteiger partial charge on any atom is -0.497 e. The molecule has 27 heavy (non-hydrogen) atoms. The van der Waals surface area contributed by atoms with Crippen LogP contribution in [-0.2, 0) is 11.3 Å². The first-order valence-corrected chi connectivity index (χ1v) is 9.14. The van der Waals surface area contributed by atoms with E-state index in [9.17, 15) is 9.59 Å². The molecule has 0 atom stereocenters. The van der Waals surface area contributed by atoms with Crippen LogP contribution in [-0.4, -0.2) is 33.0 Å². The van der Waals surface area contributed by atoms with Crippen molar-refractivity contribution in [1.29, 1.82) is 0 Å². The first-order valence-electron chi connectivity index (χ1n) is 8.32. The summed E-state index contributed by atoms with van der Waals surface area (Å²) >= 11 is 1.31. The van der Waals surface area contributed by atoms with Gasteiger partial charge in [-0.2, -0.15) is 5.10 Å². The molecule has 1 amide bonds. The minimum absolute atomic E-state index is 0.215. The van der Waals surface area contributed by atoms with Gasteiger partial charge in [-0.25, -0.2) is 4.68 Å². The predicted octanol–water partition coefficient (Wildman–Crippen LogP) is 2.53. The molecule has 140 valence electrons. The second kappa shape index (κ2) is 8.09. The number of nitrogens with one attached hydrogen (secondary N) is 1. The van der Waals surface area contributed by atoms with Gasteiger partial charge in [0.2, 0.25) is 11.0 Å². The summed E-state index contributed by atoms with van der Waals surface area (Å²) < 4.78 is 6.33. The third-order valence-corrected chi connectivity index (χ3v) is 4.85. The van der Waals surface area contributed by atoms with Crippen LogP contribution < -0.4 is 15.6 Å². The number of rotatable bonds is 6. The highest BCUT2D eigenvalue weighted by molar-refractivity contribution is 7.15. The smallest absolute Gasteiger partial charge is 0.267 e. The Morgan fingerprint density at radius 1 is 1.26 bits per heavy atom. The van der Waals surface area contributed by atoms with Gasteiger partial charge in [0.05, 0.1) is 12.8 Å². The van der Waals surface area contributed by atoms with Gasteiger partial charge in [-0.05, 0) is 18.2 Å². The largest absolute Gasteiger partial charge is 0.497 e. The Labute approximate surface area is 159 Å². The molecule has 3 rings (SSSR count). The van der Waals surface area contributed by atoms with Gasteiger partial charge in [-0.15, -0.1) is 10.2 Å². The van der Waals surface area contributed by atoms with Gasteiger partial charge in [-0.3, -0.25) is 14.9 Å². The summed E-state index contributed by atoms with van der Waals surface area (Å²) in [4.78, 5) is 24.3. The van der Waals surface area contributed by atoms with E-state index in [2.05, 4.69) is 20.6 Å². The number of carbonyl (C=O) groups excluding carboxylic acids is 1. The summed E-state index contributed by atoms with van der Waals surface area (Å²) in [6.45, 7) is 3.78. The van der Waals surface area contributed by atoms with E-state index in [1.165, 1.54) is 17.4 Å². The molecule has 1 aromatic carbocycles. The number of methoxy groups -OCH3 is 1. The number of anilines is 1. The number of carbonyl (C=O) groups is 1. The molecular formula is C18H19N5O3S. The van der Waals surface area contributed by atoms with Crippen LogP contribution in [0.2, 0.25) is 0 Å². The van der Waals surface area contributed by atoms with E-state index >= 15 is 0 Å². The molecule has 0 radical (unpaired) electrons. The molecule has 9 heteroatoms. The maximum absolute atomic E-state index is 12.3. The number of amides is 1. The van der Waals surface area contributed by atoms with Crippen LogP contribution in [0, 0.1) is 0 Å². The quantitative estimate of drug-likeness (QED) is 0.700. The van der Waals surface area contributed by atoms with Crippen molar-refractivity contribution >= 4 is 22.4 Å². The number of hydrogen-bond acceptors (Lipinski definition) is 7. The van der Waals surface area contributed by atoms with Gasteiger partial charge in [0, 0.05) is 17.5 Å². The second-order valence-corrected chi connectivity index (χ2v) is 7.10. The van der Waals surface area contributed by atoms with Crippen molar-refractivity contribution in [2.75, 3.05) is 12.4 Å². The van der Waals surface area contributed by atoms with Crippen LogP contribution in [0.1, 0.15) is 24.8 Å². The topological polar surface area (TPSA) is 99.0 Å². The van der Waals surface area contributed by atoms with Crippen LogP contribution in [0.15, 0.2) is 41.2 Å². The lowest BCUT2D eigenvalue weighted by molar-refractivity contribution is -0.117. The van der Waals surface area contributed by atoms with E-state index in [-0.39, 0.29) is 23.9 Å². The third-order valence-electron chi connectivity index (χ3n) is 3.71. The molecule has 0 aliphatic heterocycles. The number of ether oxygens (including phenoxy) is 1. The standard InChI is InChI=1S/C18H19N5O3S/c1-11(2)17-20-21-18(27-17)19-15(24)10-23-16(25)8-7-14(22-23)12-5-4-6-13(9-12)26-3/h4-9,11H,10H2,1-3H3,(H,19,21,24). The Bertz CT molecular complexity index is 1010. The highest BCUT2D eigenvalue weighted by atomic mass is 32.1. The fraction of sp³-hybridized carbons (Fsp3) is 0.278. The van der Waals surface area contributed by atoms with Crippen molar-refractivity contribution < 1.29 is 9.53 Å². The second-order valence-electron chi connectivity index (χ2n) is 6.09. The Hall–Kier alpha value is -3.07. The molecule has 2 heterocycles. The van der Waals surface area contributed by atoms with Gasteiger partial charge in [0.1, 0.15) is 17.3 Å². The lowest BCUT2D eigenvalue weighted by Crippen LogP contribution is -2.29. The molecular weight excluding hydrogens is 366 g/mol. The van der Waals surface area contributed by atoms with Gasteiger partial charge >= 0.3 is 0 Å². The lowest BCUT2D eigenvalue weighted by Gasteiger charge is -2.08. The Morgan fingerprint density at radius 3 is 2.78 bits per heavy atom. The monoisotopic (exact) mass is 385 g/mol. The molecule has 3 aromatic rings. The lowest BCUT2D eigenvalue weighted by atomic mass is 10.1. The first-order chi connectivity index (χ1) is 13.0. The van der Waals surface area contributed by atoms with Crippen molar-refractivity contribution in [2.45, 2.75) is 26.3 Å². The van der Waals surface area contributed by atoms with Gasteiger partial charge < -0.3 is 4.74 Å². The van der Waals surface area contributed by atoms with Crippen LogP contribution in [0.5, 0.6) is 5.75 Å². The van der Waals surface area contributed by atoms with Crippen molar-refractivity contribution in [3.8, 4) is 17.0 Å². The average molecular weight is 385 g/mol. The Morgan fingerprint density at radius 2 is 2.07 bits per heavy atom. The van der Waals surface area contributed by atoms with E-state index in [0.29, 0.717) is 16.6 Å². The molecule has 0 fully saturated rings. The molecule has 0 aliphatic carbocycles. The van der Waals surface area contributed by atoms with Crippen molar-refractivity contribution in [3.05, 3.63) is 51.8 Å². The van der Waals surface area contributed by atoms with Crippen molar-refractivity contribution in [3.63, 3.8) is 0 Å². The molecule has 0 bridgehead atoms. The number of nitrogens with zero attached hydrogens (tertiary/aromatic N) is 4. The molecule has 0 saturated carbocycles. The normalized spacial score (nSPS) is 10.8. The number of benzene rings is 1. The van der Waals surface area contributed by atoms with E-state index in [1.54, 1.807) is 13.2 Å². The molecule has 0 spiro atoms. The van der Waals surface area contributed by atoms with Gasteiger partial charge in [0.15, 0.2) is 0 Å². The van der Waals surface area contributed by atoms with E-state index in [4.69, 9.17) is 4.74 Å². The zero-order chi connectivity index (χ0) is 19.4. The molecule has 2 aromatic heterocycles. The molecule has 0 unspecified atom stereocenters. The van der Waals surface area contributed by atoms with Crippen LogP contribution in [0.3, 0.4) is 0 Å². The van der Waals surface area contributed by atoms with Crippen LogP contribution in [0.25, 0.3) is 11.3 Å².